The van der Waals surface area contributed by atoms with Crippen LogP contribution in [0.4, 0.5) is 0 Å². The standard InChI is InChI=1S/C17H24ClNO3S/c1-12(2)16(17(20)13-6-4-3-5-7-13)19-23(21,22)15-10-8-14(18)9-11-15/h8-13,16,19H,3-7H2,1-2H3/t16-/m1/s1. The molecule has 4 nitrogen and oxygen atoms in total. The highest BCUT2D eigenvalue weighted by Gasteiger charge is 2.33. The van der Waals surface area contributed by atoms with E-state index in [1.165, 1.54) is 24.3 Å². The quantitative estimate of drug-likeness (QED) is 0.842. The van der Waals surface area contributed by atoms with Crippen molar-refractivity contribution < 1.29 is 13.2 Å². The van der Waals surface area contributed by atoms with Crippen molar-refractivity contribution in [1.82, 2.24) is 4.72 Å². The van der Waals surface area contributed by atoms with Gasteiger partial charge in [-0.25, -0.2) is 13.1 Å². The second-order valence-electron chi connectivity index (χ2n) is 6.53. The Kier molecular flexibility index (Phi) is 6.23. The van der Waals surface area contributed by atoms with Crippen LogP contribution in [0.3, 0.4) is 0 Å². The van der Waals surface area contributed by atoms with Crippen molar-refractivity contribution in [1.29, 1.82) is 0 Å². The molecule has 6 heteroatoms. The van der Waals surface area contributed by atoms with E-state index in [4.69, 9.17) is 11.6 Å². The lowest BCUT2D eigenvalue weighted by atomic mass is 9.82. The van der Waals surface area contributed by atoms with E-state index in [0.29, 0.717) is 5.02 Å². The van der Waals surface area contributed by atoms with Crippen LogP contribution in [-0.2, 0) is 14.8 Å². The van der Waals surface area contributed by atoms with Gasteiger partial charge in [0.1, 0.15) is 0 Å². The van der Waals surface area contributed by atoms with Crippen LogP contribution < -0.4 is 4.72 Å². The molecule has 1 saturated carbocycles. The number of sulfonamides is 1. The molecule has 2 rings (SSSR count). The fraction of sp³-hybridized carbons (Fsp3) is 0.588. The molecule has 1 atom stereocenters. The molecule has 1 aromatic carbocycles. The second kappa shape index (κ2) is 7.77. The van der Waals surface area contributed by atoms with E-state index >= 15 is 0 Å². The van der Waals surface area contributed by atoms with Crippen LogP contribution in [0.2, 0.25) is 5.02 Å². The number of carbonyl (C=O) groups is 1. The molecule has 0 radical (unpaired) electrons. The fourth-order valence-electron chi connectivity index (χ4n) is 3.01. The topological polar surface area (TPSA) is 63.2 Å². The molecule has 1 aliphatic carbocycles. The van der Waals surface area contributed by atoms with Gasteiger partial charge in [-0.3, -0.25) is 4.79 Å². The maximum Gasteiger partial charge on any atom is 0.241 e. The van der Waals surface area contributed by atoms with Gasteiger partial charge < -0.3 is 0 Å². The Labute approximate surface area is 143 Å². The third-order valence-electron chi connectivity index (χ3n) is 4.39. The van der Waals surface area contributed by atoms with Crippen LogP contribution in [0.15, 0.2) is 29.2 Å². The Bertz CT molecular complexity index is 634. The molecule has 1 N–H and O–H groups in total. The third kappa shape index (κ3) is 4.78. The van der Waals surface area contributed by atoms with Crippen LogP contribution in [-0.4, -0.2) is 20.2 Å². The van der Waals surface area contributed by atoms with Crippen molar-refractivity contribution in [3.05, 3.63) is 29.3 Å². The molecule has 0 saturated heterocycles. The molecule has 1 aliphatic rings. The molecule has 1 aromatic rings. The minimum absolute atomic E-state index is 0.0240. The summed E-state index contributed by atoms with van der Waals surface area (Å²) in [6, 6.07) is 5.28. The van der Waals surface area contributed by atoms with Gasteiger partial charge in [0.2, 0.25) is 10.0 Å². The molecular formula is C17H24ClNO3S. The van der Waals surface area contributed by atoms with Crippen LogP contribution >= 0.6 is 11.6 Å². The molecule has 0 aromatic heterocycles. The Balaban J connectivity index is 2.17. The van der Waals surface area contributed by atoms with Gasteiger partial charge in [0.05, 0.1) is 10.9 Å². The molecule has 1 fully saturated rings. The van der Waals surface area contributed by atoms with Crippen molar-refractivity contribution >= 4 is 27.4 Å². The molecule has 0 amide bonds. The Morgan fingerprint density at radius 2 is 1.70 bits per heavy atom. The summed E-state index contributed by atoms with van der Waals surface area (Å²) in [5.74, 6) is -0.0900. The number of carbonyl (C=O) groups excluding carboxylic acids is 1. The number of ketones is 1. The Hall–Kier alpha value is -0.910. The first-order valence-corrected chi connectivity index (χ1v) is 9.99. The molecule has 23 heavy (non-hydrogen) atoms. The number of halogens is 1. The summed E-state index contributed by atoms with van der Waals surface area (Å²) in [5.41, 5.74) is 0. The highest BCUT2D eigenvalue weighted by Crippen LogP contribution is 2.27. The maximum atomic E-state index is 12.8. The summed E-state index contributed by atoms with van der Waals surface area (Å²) in [7, 11) is -3.73. The molecule has 0 heterocycles. The zero-order chi connectivity index (χ0) is 17.0. The first-order valence-electron chi connectivity index (χ1n) is 8.13. The van der Waals surface area contributed by atoms with Gasteiger partial charge in [-0.2, -0.15) is 0 Å². The molecule has 0 unspecified atom stereocenters. The summed E-state index contributed by atoms with van der Waals surface area (Å²) >= 11 is 5.80. The average molecular weight is 358 g/mol. The van der Waals surface area contributed by atoms with Crippen molar-refractivity contribution in [3.63, 3.8) is 0 Å². The number of hydrogen-bond acceptors (Lipinski definition) is 3. The summed E-state index contributed by atoms with van der Waals surface area (Å²) in [6.07, 6.45) is 4.98. The van der Waals surface area contributed by atoms with E-state index in [9.17, 15) is 13.2 Å². The van der Waals surface area contributed by atoms with E-state index in [2.05, 4.69) is 4.72 Å². The highest BCUT2D eigenvalue weighted by molar-refractivity contribution is 7.89. The monoisotopic (exact) mass is 357 g/mol. The minimum Gasteiger partial charge on any atom is -0.298 e. The third-order valence-corrected chi connectivity index (χ3v) is 6.10. The Morgan fingerprint density at radius 1 is 1.13 bits per heavy atom. The maximum absolute atomic E-state index is 12.8. The smallest absolute Gasteiger partial charge is 0.241 e. The summed E-state index contributed by atoms with van der Waals surface area (Å²) in [5, 5.41) is 0.475. The van der Waals surface area contributed by atoms with E-state index < -0.39 is 16.1 Å². The van der Waals surface area contributed by atoms with Crippen LogP contribution in [0, 0.1) is 11.8 Å². The molecule has 0 aliphatic heterocycles. The van der Waals surface area contributed by atoms with E-state index in [1.807, 2.05) is 13.8 Å². The first kappa shape index (κ1) is 18.4. The zero-order valence-corrected chi connectivity index (χ0v) is 15.2. The fourth-order valence-corrected chi connectivity index (χ4v) is 4.49. The van der Waals surface area contributed by atoms with Crippen molar-refractivity contribution in [3.8, 4) is 0 Å². The van der Waals surface area contributed by atoms with Crippen LogP contribution in [0.1, 0.15) is 46.0 Å². The van der Waals surface area contributed by atoms with Crippen molar-refractivity contribution in [2.24, 2.45) is 11.8 Å². The lowest BCUT2D eigenvalue weighted by Crippen LogP contribution is -2.47. The number of benzene rings is 1. The normalized spacial score (nSPS) is 18.1. The van der Waals surface area contributed by atoms with Gasteiger partial charge in [0.15, 0.2) is 5.78 Å². The van der Waals surface area contributed by atoms with Gasteiger partial charge in [0.25, 0.3) is 0 Å². The van der Waals surface area contributed by atoms with Crippen LogP contribution in [0.25, 0.3) is 0 Å². The second-order valence-corrected chi connectivity index (χ2v) is 8.68. The largest absolute Gasteiger partial charge is 0.298 e. The summed E-state index contributed by atoms with van der Waals surface area (Å²) in [6.45, 7) is 3.74. The zero-order valence-electron chi connectivity index (χ0n) is 13.6. The highest BCUT2D eigenvalue weighted by atomic mass is 35.5. The SMILES string of the molecule is CC(C)[C@@H](NS(=O)(=O)c1ccc(Cl)cc1)C(=O)C1CCCCC1. The van der Waals surface area contributed by atoms with Crippen LogP contribution in [0.5, 0.6) is 0 Å². The van der Waals surface area contributed by atoms with Crippen molar-refractivity contribution in [2.45, 2.75) is 56.9 Å². The molecule has 128 valence electrons. The number of nitrogens with one attached hydrogen (secondary N) is 1. The lowest BCUT2D eigenvalue weighted by Gasteiger charge is -2.28. The van der Waals surface area contributed by atoms with Gasteiger partial charge in [0, 0.05) is 10.9 Å². The molecule has 0 bridgehead atoms. The average Bonchev–Trinajstić information content (AvgIpc) is 2.53. The van der Waals surface area contributed by atoms with Gasteiger partial charge >= 0.3 is 0 Å². The van der Waals surface area contributed by atoms with E-state index in [-0.39, 0.29) is 22.5 Å². The predicted molar refractivity (Wildman–Crippen MR) is 92.0 cm³/mol. The summed E-state index contributed by atoms with van der Waals surface area (Å²) in [4.78, 5) is 12.9. The van der Waals surface area contributed by atoms with E-state index in [0.717, 1.165) is 32.1 Å². The van der Waals surface area contributed by atoms with E-state index in [1.54, 1.807) is 0 Å². The number of rotatable bonds is 6. The predicted octanol–water partition coefficient (Wildman–Crippen LogP) is 3.79. The van der Waals surface area contributed by atoms with Crippen molar-refractivity contribution in [2.75, 3.05) is 0 Å². The summed E-state index contributed by atoms with van der Waals surface area (Å²) < 4.78 is 27.7. The van der Waals surface area contributed by atoms with Gasteiger partial charge in [-0.1, -0.05) is 44.7 Å². The molecular weight excluding hydrogens is 334 g/mol. The number of hydrogen-bond donors (Lipinski definition) is 1. The van der Waals surface area contributed by atoms with Gasteiger partial charge in [-0.15, -0.1) is 0 Å². The van der Waals surface area contributed by atoms with Gasteiger partial charge in [-0.05, 0) is 43.0 Å². The first-order chi connectivity index (χ1) is 10.8. The number of Topliss-reactive ketones (excluding diaryl/α,β-unsaturated/α-hetero) is 1. The Morgan fingerprint density at radius 3 is 2.22 bits per heavy atom. The lowest BCUT2D eigenvalue weighted by molar-refractivity contribution is -0.126. The minimum atomic E-state index is -3.73. The molecule has 0 spiro atoms.